The van der Waals surface area contributed by atoms with Gasteiger partial charge in [-0.3, -0.25) is 24.0 Å². The Labute approximate surface area is 161 Å². The Morgan fingerprint density at radius 3 is 2.07 bits per heavy atom. The minimum atomic E-state index is -1.15. The molecule has 0 unspecified atom stereocenters. The topological polar surface area (TPSA) is 132 Å². The summed E-state index contributed by atoms with van der Waals surface area (Å²) < 4.78 is 12.5. The van der Waals surface area contributed by atoms with Crippen molar-refractivity contribution in [2.45, 2.75) is 25.3 Å². The number of anilines is 1. The van der Waals surface area contributed by atoms with Crippen molar-refractivity contribution in [2.24, 2.45) is 14.1 Å². The summed E-state index contributed by atoms with van der Waals surface area (Å²) in [5.74, 6) is -0.287. The van der Waals surface area contributed by atoms with Crippen molar-refractivity contribution >= 4 is 5.82 Å². The Morgan fingerprint density at radius 2 is 1.64 bits per heavy atom. The molecule has 2 N–H and O–H groups in total. The number of nitro groups is 1. The number of hydrogen-bond acceptors (Lipinski definition) is 7. The van der Waals surface area contributed by atoms with E-state index in [1.807, 2.05) is 0 Å². The molecule has 10 nitrogen and oxygen atoms in total. The Balaban J connectivity index is 2.93. The van der Waals surface area contributed by atoms with Gasteiger partial charge in [0, 0.05) is 31.5 Å². The third-order valence-electron chi connectivity index (χ3n) is 4.86. The van der Waals surface area contributed by atoms with E-state index < -0.39 is 28.1 Å². The molecule has 0 saturated heterocycles. The van der Waals surface area contributed by atoms with Gasteiger partial charge >= 0.3 is 5.69 Å². The van der Waals surface area contributed by atoms with Crippen LogP contribution in [-0.4, -0.2) is 34.3 Å². The van der Waals surface area contributed by atoms with Gasteiger partial charge < -0.3 is 15.2 Å². The highest BCUT2D eigenvalue weighted by molar-refractivity contribution is 5.50. The van der Waals surface area contributed by atoms with E-state index >= 15 is 0 Å². The first-order valence-corrected chi connectivity index (χ1v) is 8.59. The molecule has 0 radical (unpaired) electrons. The molecule has 0 saturated carbocycles. The second-order valence-electron chi connectivity index (χ2n) is 6.39. The van der Waals surface area contributed by atoms with Crippen molar-refractivity contribution in [3.05, 3.63) is 60.3 Å². The lowest BCUT2D eigenvalue weighted by Gasteiger charge is -2.24. The minimum Gasteiger partial charge on any atom is -0.497 e. The van der Waals surface area contributed by atoms with E-state index in [4.69, 9.17) is 15.2 Å². The van der Waals surface area contributed by atoms with Gasteiger partial charge in [0.25, 0.3) is 5.56 Å². The second-order valence-corrected chi connectivity index (χ2v) is 6.39. The van der Waals surface area contributed by atoms with Gasteiger partial charge in [-0.1, -0.05) is 6.92 Å². The fourth-order valence-corrected chi connectivity index (χ4v) is 3.27. The van der Waals surface area contributed by atoms with Crippen LogP contribution >= 0.6 is 0 Å². The van der Waals surface area contributed by atoms with E-state index in [0.717, 1.165) is 9.13 Å². The summed E-state index contributed by atoms with van der Waals surface area (Å²) in [5, 5.41) is 11.8. The lowest BCUT2D eigenvalue weighted by Crippen LogP contribution is -2.43. The largest absolute Gasteiger partial charge is 0.497 e. The lowest BCUT2D eigenvalue weighted by molar-refractivity contribution is -0.525. The first kappa shape index (κ1) is 21.0. The van der Waals surface area contributed by atoms with Crippen LogP contribution < -0.4 is 26.5 Å². The van der Waals surface area contributed by atoms with Crippen molar-refractivity contribution in [3.8, 4) is 11.5 Å². The van der Waals surface area contributed by atoms with Gasteiger partial charge in [0.05, 0.1) is 25.7 Å². The number of rotatable bonds is 7. The molecule has 1 aromatic carbocycles. The first-order valence-electron chi connectivity index (χ1n) is 8.59. The molecule has 152 valence electrons. The molecule has 1 aromatic heterocycles. The predicted octanol–water partition coefficient (Wildman–Crippen LogP) is 0.871. The molecule has 1 heterocycles. The average Bonchev–Trinajstić information content (AvgIpc) is 2.69. The molecule has 28 heavy (non-hydrogen) atoms. The molecule has 10 heteroatoms. The van der Waals surface area contributed by atoms with Crippen LogP contribution in [0.2, 0.25) is 0 Å². The summed E-state index contributed by atoms with van der Waals surface area (Å²) in [6.07, 6.45) is 0.141. The highest BCUT2D eigenvalue weighted by Gasteiger charge is 2.37. The maximum Gasteiger partial charge on any atom is 0.332 e. The van der Waals surface area contributed by atoms with Crippen molar-refractivity contribution in [3.63, 3.8) is 0 Å². The van der Waals surface area contributed by atoms with Crippen LogP contribution in [0.25, 0.3) is 0 Å². The van der Waals surface area contributed by atoms with E-state index in [2.05, 4.69) is 0 Å². The zero-order valence-electron chi connectivity index (χ0n) is 16.5. The lowest BCUT2D eigenvalue weighted by atomic mass is 9.84. The fraction of sp³-hybridized carbons (Fsp3) is 0.444. The van der Waals surface area contributed by atoms with Crippen LogP contribution in [0.15, 0.2) is 27.8 Å². The summed E-state index contributed by atoms with van der Waals surface area (Å²) in [6.45, 7) is 1.65. The molecule has 0 aliphatic heterocycles. The molecule has 0 bridgehead atoms. The van der Waals surface area contributed by atoms with Gasteiger partial charge in [-0.25, -0.2) is 4.79 Å². The smallest absolute Gasteiger partial charge is 0.332 e. The molecular weight excluding hydrogens is 368 g/mol. The number of hydrogen-bond donors (Lipinski definition) is 1. The van der Waals surface area contributed by atoms with Crippen LogP contribution in [0.3, 0.4) is 0 Å². The highest BCUT2D eigenvalue weighted by Crippen LogP contribution is 2.36. The molecular formula is C18H24N4O6. The molecule has 2 atom stereocenters. The summed E-state index contributed by atoms with van der Waals surface area (Å²) in [7, 11) is 5.64. The number of aromatic nitrogens is 2. The monoisotopic (exact) mass is 392 g/mol. The molecule has 0 aliphatic rings. The van der Waals surface area contributed by atoms with E-state index in [0.29, 0.717) is 17.1 Å². The summed E-state index contributed by atoms with van der Waals surface area (Å²) in [4.78, 5) is 36.4. The Kier molecular flexibility index (Phi) is 6.12. The van der Waals surface area contributed by atoms with Gasteiger partial charge in [-0.05, 0) is 17.7 Å². The number of nitrogens with two attached hydrogens (primary N) is 1. The van der Waals surface area contributed by atoms with E-state index in [1.54, 1.807) is 25.1 Å². The van der Waals surface area contributed by atoms with Crippen LogP contribution in [0.1, 0.15) is 30.4 Å². The van der Waals surface area contributed by atoms with Crippen molar-refractivity contribution in [1.82, 2.24) is 9.13 Å². The second kappa shape index (κ2) is 8.15. The van der Waals surface area contributed by atoms with Crippen molar-refractivity contribution < 1.29 is 14.4 Å². The normalized spacial score (nSPS) is 13.0. The number of nitrogen functional groups attached to an aromatic ring is 1. The predicted molar refractivity (Wildman–Crippen MR) is 104 cm³/mol. The van der Waals surface area contributed by atoms with E-state index in [1.165, 1.54) is 28.3 Å². The highest BCUT2D eigenvalue weighted by atomic mass is 16.6. The molecule has 0 aliphatic carbocycles. The molecule has 0 amide bonds. The molecule has 2 rings (SSSR count). The van der Waals surface area contributed by atoms with Crippen molar-refractivity contribution in [1.29, 1.82) is 0 Å². The average molecular weight is 392 g/mol. The van der Waals surface area contributed by atoms with E-state index in [9.17, 15) is 19.7 Å². The van der Waals surface area contributed by atoms with Gasteiger partial charge in [0.1, 0.15) is 17.3 Å². The first-order chi connectivity index (χ1) is 13.2. The Hall–Kier alpha value is -3.30. The van der Waals surface area contributed by atoms with Crippen LogP contribution in [-0.2, 0) is 14.1 Å². The maximum atomic E-state index is 12.9. The maximum absolute atomic E-state index is 12.9. The standard InChI is InChI=1S/C18H24N4O6/c1-6-13(22(25)26)14(10-7-11(27-4)9-12(8-10)28-5)15-16(19)20(2)18(24)21(3)17(15)23/h7-9,13-14H,6,19H2,1-5H3/t13-,14-/m0/s1. The molecule has 0 spiro atoms. The number of benzene rings is 1. The van der Waals surface area contributed by atoms with Gasteiger partial charge in [0.2, 0.25) is 6.04 Å². The summed E-state index contributed by atoms with van der Waals surface area (Å²) >= 11 is 0. The van der Waals surface area contributed by atoms with Gasteiger partial charge in [-0.2, -0.15) is 0 Å². The summed E-state index contributed by atoms with van der Waals surface area (Å²) in [6, 6.07) is 3.67. The van der Waals surface area contributed by atoms with Crippen LogP contribution in [0, 0.1) is 10.1 Å². The third kappa shape index (κ3) is 3.57. The van der Waals surface area contributed by atoms with Gasteiger partial charge in [-0.15, -0.1) is 0 Å². The third-order valence-corrected chi connectivity index (χ3v) is 4.86. The number of ether oxygens (including phenoxy) is 2. The van der Waals surface area contributed by atoms with Crippen LogP contribution in [0.4, 0.5) is 5.82 Å². The fourth-order valence-electron chi connectivity index (χ4n) is 3.27. The number of methoxy groups -OCH3 is 2. The SMILES string of the molecule is CC[C@@H]([C@H](c1cc(OC)cc(OC)c1)c1c(N)n(C)c(=O)n(C)c1=O)[N+](=O)[O-]. The zero-order chi connectivity index (χ0) is 21.2. The van der Waals surface area contributed by atoms with E-state index in [-0.39, 0.29) is 17.8 Å². The molecule has 2 aromatic rings. The summed E-state index contributed by atoms with van der Waals surface area (Å²) in [5.41, 5.74) is 5.23. The zero-order valence-corrected chi connectivity index (χ0v) is 16.5. The quantitative estimate of drug-likeness (QED) is 0.546. The molecule has 0 fully saturated rings. The Bertz CT molecular complexity index is 988. The number of nitrogens with zero attached hydrogens (tertiary/aromatic N) is 3. The van der Waals surface area contributed by atoms with Gasteiger partial charge in [0.15, 0.2) is 0 Å². The Morgan fingerprint density at radius 1 is 1.11 bits per heavy atom. The van der Waals surface area contributed by atoms with Crippen LogP contribution in [0.5, 0.6) is 11.5 Å². The minimum absolute atomic E-state index is 0.0107. The van der Waals surface area contributed by atoms with Crippen molar-refractivity contribution in [2.75, 3.05) is 20.0 Å².